The molecule has 0 N–H and O–H groups in total. The van der Waals surface area contributed by atoms with Crippen molar-refractivity contribution in [3.63, 3.8) is 0 Å². The van der Waals surface area contributed by atoms with Crippen molar-refractivity contribution in [1.29, 1.82) is 0 Å². The predicted octanol–water partition coefficient (Wildman–Crippen LogP) is 5.38. The van der Waals surface area contributed by atoms with E-state index in [0.717, 1.165) is 18.4 Å². The summed E-state index contributed by atoms with van der Waals surface area (Å²) in [4.78, 5) is 3.88. The van der Waals surface area contributed by atoms with E-state index in [1.807, 2.05) is 11.3 Å². The molecular weight excluding hydrogens is 310 g/mol. The summed E-state index contributed by atoms with van der Waals surface area (Å²) in [5, 5.41) is 1.43. The number of hydrogen-bond donors (Lipinski definition) is 0. The average molecular weight is 334 g/mol. The number of fused-ring (bicyclic) bond motifs is 3. The molecule has 0 saturated heterocycles. The van der Waals surface area contributed by atoms with Crippen molar-refractivity contribution in [3.8, 4) is 0 Å². The first-order chi connectivity index (χ1) is 10.1. The first kappa shape index (κ1) is 16.0. The Labute approximate surface area is 143 Å². The van der Waals surface area contributed by atoms with Gasteiger partial charge in [0.15, 0.2) is 0 Å². The molecule has 2 unspecified atom stereocenters. The van der Waals surface area contributed by atoms with Crippen LogP contribution in [0.1, 0.15) is 29.7 Å². The van der Waals surface area contributed by atoms with Crippen molar-refractivity contribution in [2.75, 3.05) is 20.6 Å². The van der Waals surface area contributed by atoms with Crippen molar-refractivity contribution in [2.24, 2.45) is 11.8 Å². The lowest BCUT2D eigenvalue weighted by molar-refractivity contribution is 0.423. The second-order valence-corrected chi connectivity index (χ2v) is 8.12. The molecule has 0 amide bonds. The normalized spacial score (nSPS) is 23.6. The second kappa shape index (κ2) is 5.99. The number of nitrogens with zero attached hydrogens (tertiary/aromatic N) is 1. The van der Waals surface area contributed by atoms with Gasteiger partial charge in [-0.2, -0.15) is 0 Å². The molecule has 4 rings (SSSR count). The van der Waals surface area contributed by atoms with Gasteiger partial charge in [-0.05, 0) is 80.8 Å². The lowest BCUT2D eigenvalue weighted by Gasteiger charge is -2.22. The minimum atomic E-state index is 0. The van der Waals surface area contributed by atoms with Crippen LogP contribution >= 0.6 is 23.7 Å². The SMILES string of the molecule is Cc1ccc2sc(C3=C(CN(C)C)C4CCC3C4)cc2c1.Cl. The number of halogens is 1. The number of thiophene rings is 1. The number of rotatable bonds is 3. The van der Waals surface area contributed by atoms with Gasteiger partial charge in [0.2, 0.25) is 0 Å². The summed E-state index contributed by atoms with van der Waals surface area (Å²) in [6, 6.07) is 9.30. The zero-order chi connectivity index (χ0) is 14.6. The Bertz CT molecular complexity index is 728. The van der Waals surface area contributed by atoms with Crippen molar-refractivity contribution in [2.45, 2.75) is 26.2 Å². The molecule has 1 nitrogen and oxygen atoms in total. The maximum atomic E-state index is 2.44. The van der Waals surface area contributed by atoms with Gasteiger partial charge in [0, 0.05) is 16.1 Å². The third kappa shape index (κ3) is 2.62. The minimum Gasteiger partial charge on any atom is -0.305 e. The van der Waals surface area contributed by atoms with E-state index in [2.05, 4.69) is 50.2 Å². The monoisotopic (exact) mass is 333 g/mol. The van der Waals surface area contributed by atoms with Gasteiger partial charge in [0.05, 0.1) is 0 Å². The summed E-state index contributed by atoms with van der Waals surface area (Å²) in [6.07, 6.45) is 4.23. The van der Waals surface area contributed by atoms with Gasteiger partial charge in [0.25, 0.3) is 0 Å². The Balaban J connectivity index is 0.00000144. The molecule has 1 aromatic carbocycles. The number of hydrogen-bond acceptors (Lipinski definition) is 2. The maximum Gasteiger partial charge on any atom is 0.0349 e. The van der Waals surface area contributed by atoms with E-state index < -0.39 is 0 Å². The Kier molecular flexibility index (Phi) is 4.37. The highest BCUT2D eigenvalue weighted by molar-refractivity contribution is 7.20. The van der Waals surface area contributed by atoms with Crippen LogP contribution in [0.2, 0.25) is 0 Å². The molecular formula is C19H24ClNS. The zero-order valence-corrected chi connectivity index (χ0v) is 15.2. The number of benzene rings is 1. The van der Waals surface area contributed by atoms with Gasteiger partial charge in [-0.1, -0.05) is 17.7 Å². The molecule has 0 spiro atoms. The number of aryl methyl sites for hydroxylation is 1. The molecule has 3 heteroatoms. The van der Waals surface area contributed by atoms with E-state index >= 15 is 0 Å². The van der Waals surface area contributed by atoms with Crippen LogP contribution in [0.25, 0.3) is 15.7 Å². The minimum absolute atomic E-state index is 0. The third-order valence-corrected chi connectivity index (χ3v) is 6.25. The van der Waals surface area contributed by atoms with Crippen LogP contribution in [0.5, 0.6) is 0 Å². The van der Waals surface area contributed by atoms with Crippen LogP contribution in [-0.2, 0) is 0 Å². The smallest absolute Gasteiger partial charge is 0.0349 e. The summed E-state index contributed by atoms with van der Waals surface area (Å²) >= 11 is 2.00. The molecule has 2 aliphatic carbocycles. The van der Waals surface area contributed by atoms with Crippen LogP contribution in [0.3, 0.4) is 0 Å². The Morgan fingerprint density at radius 1 is 1.14 bits per heavy atom. The fourth-order valence-electron chi connectivity index (χ4n) is 4.25. The largest absolute Gasteiger partial charge is 0.305 e. The summed E-state index contributed by atoms with van der Waals surface area (Å²) in [7, 11) is 4.40. The van der Waals surface area contributed by atoms with E-state index in [9.17, 15) is 0 Å². The average Bonchev–Trinajstić information content (AvgIpc) is 3.10. The molecule has 2 atom stereocenters. The van der Waals surface area contributed by atoms with E-state index in [1.54, 1.807) is 16.0 Å². The maximum absolute atomic E-state index is 2.44. The van der Waals surface area contributed by atoms with Crippen molar-refractivity contribution in [3.05, 3.63) is 40.3 Å². The van der Waals surface area contributed by atoms with Crippen LogP contribution < -0.4 is 0 Å². The molecule has 118 valence electrons. The molecule has 1 saturated carbocycles. The Hall–Kier alpha value is -0.830. The van der Waals surface area contributed by atoms with E-state index in [4.69, 9.17) is 0 Å². The van der Waals surface area contributed by atoms with E-state index in [-0.39, 0.29) is 12.4 Å². The van der Waals surface area contributed by atoms with Crippen LogP contribution in [-0.4, -0.2) is 25.5 Å². The van der Waals surface area contributed by atoms with Crippen molar-refractivity contribution in [1.82, 2.24) is 4.90 Å². The third-order valence-electron chi connectivity index (χ3n) is 5.10. The topological polar surface area (TPSA) is 3.24 Å². The van der Waals surface area contributed by atoms with E-state index in [1.165, 1.54) is 34.9 Å². The van der Waals surface area contributed by atoms with Gasteiger partial charge < -0.3 is 4.90 Å². The van der Waals surface area contributed by atoms with Crippen molar-refractivity contribution < 1.29 is 0 Å². The summed E-state index contributed by atoms with van der Waals surface area (Å²) in [6.45, 7) is 3.33. The summed E-state index contributed by atoms with van der Waals surface area (Å²) < 4.78 is 1.44. The molecule has 2 bridgehead atoms. The van der Waals surface area contributed by atoms with Gasteiger partial charge in [-0.3, -0.25) is 0 Å². The Morgan fingerprint density at radius 3 is 2.68 bits per heavy atom. The van der Waals surface area contributed by atoms with Gasteiger partial charge in [-0.15, -0.1) is 23.7 Å². The van der Waals surface area contributed by atoms with Gasteiger partial charge in [0.1, 0.15) is 0 Å². The fourth-order valence-corrected chi connectivity index (χ4v) is 5.45. The zero-order valence-electron chi connectivity index (χ0n) is 13.6. The summed E-state index contributed by atoms with van der Waals surface area (Å²) in [5.74, 6) is 1.69. The molecule has 2 aliphatic rings. The molecule has 0 radical (unpaired) electrons. The standard InChI is InChI=1S/C19H23NS.ClH/c1-12-4-7-17-15(8-12)10-18(21-17)19-14-6-5-13(9-14)16(19)11-20(2)3;/h4,7-8,10,13-14H,5-6,9,11H2,1-3H3;1H. The van der Waals surface area contributed by atoms with E-state index in [0.29, 0.717) is 0 Å². The fraction of sp³-hybridized carbons (Fsp3) is 0.474. The molecule has 1 aromatic heterocycles. The van der Waals surface area contributed by atoms with Crippen LogP contribution in [0.4, 0.5) is 0 Å². The second-order valence-electron chi connectivity index (χ2n) is 7.04. The highest BCUT2D eigenvalue weighted by atomic mass is 35.5. The molecule has 0 aliphatic heterocycles. The van der Waals surface area contributed by atoms with Crippen molar-refractivity contribution >= 4 is 39.4 Å². The molecule has 2 aromatic rings. The van der Waals surface area contributed by atoms with Crippen LogP contribution in [0.15, 0.2) is 29.8 Å². The van der Waals surface area contributed by atoms with Gasteiger partial charge >= 0.3 is 0 Å². The first-order valence-corrected chi connectivity index (χ1v) is 8.81. The first-order valence-electron chi connectivity index (χ1n) is 8.00. The lowest BCUT2D eigenvalue weighted by Crippen LogP contribution is -2.19. The summed E-state index contributed by atoms with van der Waals surface area (Å²) in [5.41, 5.74) is 4.81. The Morgan fingerprint density at radius 2 is 1.91 bits per heavy atom. The van der Waals surface area contributed by atoms with Gasteiger partial charge in [-0.25, -0.2) is 0 Å². The number of allylic oxidation sites excluding steroid dienone is 1. The predicted molar refractivity (Wildman–Crippen MR) is 100 cm³/mol. The molecule has 1 heterocycles. The van der Waals surface area contributed by atoms with Crippen LogP contribution in [0, 0.1) is 18.8 Å². The highest BCUT2D eigenvalue weighted by Crippen LogP contribution is 2.54. The molecule has 1 fully saturated rings. The lowest BCUT2D eigenvalue weighted by atomic mass is 9.90. The quantitative estimate of drug-likeness (QED) is 0.729. The number of likely N-dealkylation sites (N-methyl/N-ethyl adjacent to an activating group) is 1. The highest BCUT2D eigenvalue weighted by Gasteiger charge is 2.39. The molecule has 22 heavy (non-hydrogen) atoms.